The Balaban J connectivity index is 1.76. The molecule has 0 spiro atoms. The molecule has 0 radical (unpaired) electrons. The molecule has 0 aliphatic carbocycles. The standard InChI is InChI=1S/C24H28N2/c1-18-7-4-8-21(15-18)17-26-14-6-13-25-12-5-9-23(25)24(26)22-11-10-19(2)20(3)16-22/h4-5,7-12,15-16,24H,6,13-14,17H2,1-3H3. The smallest absolute Gasteiger partial charge is 0.0759 e. The molecule has 0 N–H and O–H groups in total. The van der Waals surface area contributed by atoms with Gasteiger partial charge in [-0.1, -0.05) is 48.0 Å². The lowest BCUT2D eigenvalue weighted by Crippen LogP contribution is -2.29. The van der Waals surface area contributed by atoms with E-state index >= 15 is 0 Å². The molecule has 2 nitrogen and oxygen atoms in total. The summed E-state index contributed by atoms with van der Waals surface area (Å²) in [7, 11) is 0. The van der Waals surface area contributed by atoms with Crippen LogP contribution < -0.4 is 0 Å². The molecule has 0 saturated carbocycles. The van der Waals surface area contributed by atoms with Crippen LogP contribution >= 0.6 is 0 Å². The first-order valence-electron chi connectivity index (χ1n) is 9.63. The molecule has 1 atom stereocenters. The summed E-state index contributed by atoms with van der Waals surface area (Å²) in [5, 5.41) is 0. The van der Waals surface area contributed by atoms with Gasteiger partial charge in [-0.2, -0.15) is 0 Å². The van der Waals surface area contributed by atoms with Gasteiger partial charge >= 0.3 is 0 Å². The monoisotopic (exact) mass is 344 g/mol. The Hall–Kier alpha value is -2.32. The largest absolute Gasteiger partial charge is 0.350 e. The van der Waals surface area contributed by atoms with Gasteiger partial charge in [0, 0.05) is 31.5 Å². The van der Waals surface area contributed by atoms with Crippen LogP contribution in [0.25, 0.3) is 0 Å². The van der Waals surface area contributed by atoms with E-state index in [4.69, 9.17) is 0 Å². The second-order valence-corrected chi connectivity index (χ2v) is 7.69. The maximum atomic E-state index is 2.65. The number of aromatic nitrogens is 1. The van der Waals surface area contributed by atoms with Crippen molar-refractivity contribution < 1.29 is 0 Å². The highest BCUT2D eigenvalue weighted by atomic mass is 15.2. The molecule has 3 aromatic rings. The van der Waals surface area contributed by atoms with Crippen LogP contribution in [0.1, 0.15) is 46.0 Å². The van der Waals surface area contributed by atoms with E-state index in [-0.39, 0.29) is 0 Å². The first-order chi connectivity index (χ1) is 12.6. The first kappa shape index (κ1) is 17.1. The van der Waals surface area contributed by atoms with Crippen molar-refractivity contribution in [3.8, 4) is 0 Å². The number of hydrogen-bond acceptors (Lipinski definition) is 1. The summed E-state index contributed by atoms with van der Waals surface area (Å²) in [6, 6.07) is 20.7. The quantitative estimate of drug-likeness (QED) is 0.617. The van der Waals surface area contributed by atoms with E-state index in [1.54, 1.807) is 0 Å². The molecular formula is C24H28N2. The zero-order valence-corrected chi connectivity index (χ0v) is 16.1. The maximum Gasteiger partial charge on any atom is 0.0759 e. The number of benzene rings is 2. The lowest BCUT2D eigenvalue weighted by molar-refractivity contribution is 0.220. The molecule has 1 aliphatic heterocycles. The molecular weight excluding hydrogens is 316 g/mol. The Labute approximate surface area is 157 Å². The van der Waals surface area contributed by atoms with E-state index in [0.717, 1.165) is 19.6 Å². The molecule has 0 bridgehead atoms. The van der Waals surface area contributed by atoms with Crippen LogP contribution in [0.3, 0.4) is 0 Å². The summed E-state index contributed by atoms with van der Waals surface area (Å²) < 4.78 is 2.44. The molecule has 2 heterocycles. The van der Waals surface area contributed by atoms with Crippen molar-refractivity contribution in [1.29, 1.82) is 0 Å². The number of hydrogen-bond donors (Lipinski definition) is 0. The van der Waals surface area contributed by atoms with Crippen molar-refractivity contribution >= 4 is 0 Å². The van der Waals surface area contributed by atoms with Crippen LogP contribution in [0.5, 0.6) is 0 Å². The summed E-state index contributed by atoms with van der Waals surface area (Å²) in [5.41, 5.74) is 8.30. The molecule has 0 fully saturated rings. The van der Waals surface area contributed by atoms with Crippen LogP contribution in [0, 0.1) is 20.8 Å². The van der Waals surface area contributed by atoms with Crippen LogP contribution in [0.4, 0.5) is 0 Å². The van der Waals surface area contributed by atoms with Crippen molar-refractivity contribution in [3.05, 3.63) is 94.3 Å². The minimum Gasteiger partial charge on any atom is -0.350 e. The number of rotatable bonds is 3. The predicted octanol–water partition coefficient (Wildman–Crippen LogP) is 5.41. The fraction of sp³-hybridized carbons (Fsp3) is 0.333. The van der Waals surface area contributed by atoms with Gasteiger partial charge in [0.1, 0.15) is 0 Å². The van der Waals surface area contributed by atoms with Gasteiger partial charge in [-0.3, -0.25) is 4.90 Å². The van der Waals surface area contributed by atoms with Crippen molar-refractivity contribution in [2.45, 2.75) is 46.3 Å². The third kappa shape index (κ3) is 3.34. The molecule has 0 amide bonds. The fourth-order valence-corrected chi connectivity index (χ4v) is 4.17. The second kappa shape index (κ2) is 7.13. The normalized spacial score (nSPS) is 17.7. The highest BCUT2D eigenvalue weighted by molar-refractivity contribution is 5.36. The van der Waals surface area contributed by atoms with Crippen LogP contribution in [-0.4, -0.2) is 16.0 Å². The Morgan fingerprint density at radius 1 is 0.885 bits per heavy atom. The van der Waals surface area contributed by atoms with Crippen molar-refractivity contribution in [3.63, 3.8) is 0 Å². The molecule has 2 aromatic carbocycles. The van der Waals surface area contributed by atoms with E-state index in [0.29, 0.717) is 6.04 Å². The summed E-state index contributed by atoms with van der Waals surface area (Å²) in [6.45, 7) is 9.81. The fourth-order valence-electron chi connectivity index (χ4n) is 4.17. The van der Waals surface area contributed by atoms with E-state index in [1.165, 1.54) is 39.9 Å². The predicted molar refractivity (Wildman–Crippen MR) is 108 cm³/mol. The molecule has 1 unspecified atom stereocenters. The van der Waals surface area contributed by atoms with Gasteiger partial charge < -0.3 is 4.57 Å². The SMILES string of the molecule is Cc1cccc(CN2CCCn3cccc3C2c2ccc(C)c(C)c2)c1. The third-order valence-electron chi connectivity index (χ3n) is 5.67. The topological polar surface area (TPSA) is 8.17 Å². The molecule has 0 saturated heterocycles. The Morgan fingerprint density at radius 3 is 2.58 bits per heavy atom. The van der Waals surface area contributed by atoms with Gasteiger partial charge in [0.2, 0.25) is 0 Å². The molecule has 4 rings (SSSR count). The molecule has 134 valence electrons. The average Bonchev–Trinajstić information content (AvgIpc) is 3.00. The van der Waals surface area contributed by atoms with Gasteiger partial charge in [0.05, 0.1) is 6.04 Å². The zero-order valence-electron chi connectivity index (χ0n) is 16.1. The summed E-state index contributed by atoms with van der Waals surface area (Å²) in [5.74, 6) is 0. The van der Waals surface area contributed by atoms with Crippen LogP contribution in [0.2, 0.25) is 0 Å². The molecule has 26 heavy (non-hydrogen) atoms. The minimum atomic E-state index is 0.312. The van der Waals surface area contributed by atoms with Crippen molar-refractivity contribution in [2.75, 3.05) is 6.54 Å². The number of nitrogens with zero attached hydrogens (tertiary/aromatic N) is 2. The summed E-state index contributed by atoms with van der Waals surface area (Å²) >= 11 is 0. The lowest BCUT2D eigenvalue weighted by Gasteiger charge is -2.31. The van der Waals surface area contributed by atoms with E-state index in [9.17, 15) is 0 Å². The molecule has 1 aromatic heterocycles. The summed E-state index contributed by atoms with van der Waals surface area (Å²) in [6.07, 6.45) is 3.42. The highest BCUT2D eigenvalue weighted by Crippen LogP contribution is 2.33. The van der Waals surface area contributed by atoms with E-state index in [2.05, 4.69) is 91.0 Å². The van der Waals surface area contributed by atoms with Gasteiger partial charge in [0.25, 0.3) is 0 Å². The average molecular weight is 345 g/mol. The third-order valence-corrected chi connectivity index (χ3v) is 5.67. The van der Waals surface area contributed by atoms with Gasteiger partial charge in [0.15, 0.2) is 0 Å². The zero-order chi connectivity index (χ0) is 18.1. The van der Waals surface area contributed by atoms with Gasteiger partial charge in [-0.05, 0) is 61.6 Å². The Morgan fingerprint density at radius 2 is 1.77 bits per heavy atom. The van der Waals surface area contributed by atoms with Crippen LogP contribution in [-0.2, 0) is 13.1 Å². The Kier molecular flexibility index (Phi) is 4.69. The molecule has 1 aliphatic rings. The van der Waals surface area contributed by atoms with Gasteiger partial charge in [-0.15, -0.1) is 0 Å². The highest BCUT2D eigenvalue weighted by Gasteiger charge is 2.27. The van der Waals surface area contributed by atoms with E-state index < -0.39 is 0 Å². The number of fused-ring (bicyclic) bond motifs is 1. The first-order valence-corrected chi connectivity index (χ1v) is 9.63. The van der Waals surface area contributed by atoms with Crippen molar-refractivity contribution in [1.82, 2.24) is 9.47 Å². The van der Waals surface area contributed by atoms with Crippen LogP contribution in [0.15, 0.2) is 60.8 Å². The maximum absolute atomic E-state index is 2.65. The van der Waals surface area contributed by atoms with E-state index in [1.807, 2.05) is 0 Å². The lowest BCUT2D eigenvalue weighted by atomic mass is 9.97. The number of aryl methyl sites for hydroxylation is 4. The second-order valence-electron chi connectivity index (χ2n) is 7.69. The molecule has 2 heteroatoms. The Bertz CT molecular complexity index is 906. The summed E-state index contributed by atoms with van der Waals surface area (Å²) in [4.78, 5) is 2.65. The minimum absolute atomic E-state index is 0.312. The van der Waals surface area contributed by atoms with Crippen molar-refractivity contribution in [2.24, 2.45) is 0 Å². The van der Waals surface area contributed by atoms with Gasteiger partial charge in [-0.25, -0.2) is 0 Å².